The summed E-state index contributed by atoms with van der Waals surface area (Å²) in [6.07, 6.45) is 6.95. The number of piperazine rings is 1. The molecule has 1 aliphatic heterocycles. The van der Waals surface area contributed by atoms with E-state index in [9.17, 15) is 13.2 Å². The second-order valence-electron chi connectivity index (χ2n) is 7.41. The Morgan fingerprint density at radius 2 is 1.75 bits per heavy atom. The molecule has 0 aromatic heterocycles. The first-order chi connectivity index (χ1) is 13.2. The van der Waals surface area contributed by atoms with Crippen molar-refractivity contribution in [2.24, 2.45) is 0 Å². The summed E-state index contributed by atoms with van der Waals surface area (Å²) in [5.74, 6) is 2.58. The molecule has 0 spiro atoms. The second-order valence-corrected chi connectivity index (χ2v) is 9.35. The van der Waals surface area contributed by atoms with Crippen molar-refractivity contribution >= 4 is 15.9 Å². The normalized spacial score (nSPS) is 16.5. The molecule has 28 heavy (non-hydrogen) atoms. The standard InChI is InChI=1S/C21H31N3O3S/c1-6-21(7-2,8-3)22-20(25)16-23-11-13-24(14-12-23)28(26,27)19-10-9-17(4)18(5)15-19/h1,9-10,15H,7-8,11-14,16H2,2-5H3,(H,22,25). The summed E-state index contributed by atoms with van der Waals surface area (Å²) in [4.78, 5) is 14.7. The maximum atomic E-state index is 12.9. The van der Waals surface area contributed by atoms with Gasteiger partial charge in [0.1, 0.15) is 5.54 Å². The van der Waals surface area contributed by atoms with E-state index in [0.29, 0.717) is 43.9 Å². The van der Waals surface area contributed by atoms with E-state index in [1.165, 1.54) is 4.31 Å². The molecule has 1 saturated heterocycles. The number of nitrogens with one attached hydrogen (secondary N) is 1. The van der Waals surface area contributed by atoms with Gasteiger partial charge in [0, 0.05) is 26.2 Å². The van der Waals surface area contributed by atoms with Crippen LogP contribution in [0.15, 0.2) is 23.1 Å². The van der Waals surface area contributed by atoms with Gasteiger partial charge < -0.3 is 5.32 Å². The number of benzene rings is 1. The van der Waals surface area contributed by atoms with Crippen molar-refractivity contribution in [3.63, 3.8) is 0 Å². The van der Waals surface area contributed by atoms with Crippen molar-refractivity contribution in [3.8, 4) is 12.3 Å². The lowest BCUT2D eigenvalue weighted by Gasteiger charge is -2.34. The van der Waals surface area contributed by atoms with Gasteiger partial charge in [-0.15, -0.1) is 6.42 Å². The Balaban J connectivity index is 1.96. The van der Waals surface area contributed by atoms with Crippen LogP contribution in [-0.4, -0.2) is 61.8 Å². The highest BCUT2D eigenvalue weighted by atomic mass is 32.2. The number of amides is 1. The Labute approximate surface area is 169 Å². The number of hydrogen-bond donors (Lipinski definition) is 1. The molecule has 0 saturated carbocycles. The predicted molar refractivity (Wildman–Crippen MR) is 111 cm³/mol. The van der Waals surface area contributed by atoms with E-state index in [-0.39, 0.29) is 12.5 Å². The van der Waals surface area contributed by atoms with E-state index >= 15 is 0 Å². The average Bonchev–Trinajstić information content (AvgIpc) is 2.68. The van der Waals surface area contributed by atoms with Gasteiger partial charge in [0.2, 0.25) is 15.9 Å². The van der Waals surface area contributed by atoms with Gasteiger partial charge in [-0.25, -0.2) is 8.42 Å². The Kier molecular flexibility index (Phi) is 7.27. The summed E-state index contributed by atoms with van der Waals surface area (Å²) in [5.41, 5.74) is 1.42. The van der Waals surface area contributed by atoms with Gasteiger partial charge in [0.25, 0.3) is 0 Å². The molecule has 1 fully saturated rings. The summed E-state index contributed by atoms with van der Waals surface area (Å²) >= 11 is 0. The fraction of sp³-hybridized carbons (Fsp3) is 0.571. The molecule has 154 valence electrons. The average molecular weight is 406 g/mol. The smallest absolute Gasteiger partial charge is 0.243 e. The molecular formula is C21H31N3O3S. The van der Waals surface area contributed by atoms with E-state index < -0.39 is 15.6 Å². The molecule has 1 N–H and O–H groups in total. The first-order valence-corrected chi connectivity index (χ1v) is 11.2. The van der Waals surface area contributed by atoms with Gasteiger partial charge >= 0.3 is 0 Å². The molecule has 0 atom stereocenters. The Hall–Kier alpha value is -1.88. The summed E-state index contributed by atoms with van der Waals surface area (Å²) in [5, 5.41) is 2.96. The fourth-order valence-electron chi connectivity index (χ4n) is 3.33. The zero-order chi connectivity index (χ0) is 20.9. The van der Waals surface area contributed by atoms with E-state index in [1.807, 2.05) is 38.7 Å². The van der Waals surface area contributed by atoms with Crippen LogP contribution in [0.25, 0.3) is 0 Å². The highest BCUT2D eigenvalue weighted by Gasteiger charge is 2.30. The molecule has 7 heteroatoms. The SMILES string of the molecule is C#CC(CC)(CC)NC(=O)CN1CCN(S(=O)(=O)c2ccc(C)c(C)c2)CC1. The van der Waals surface area contributed by atoms with Crippen molar-refractivity contribution < 1.29 is 13.2 Å². The largest absolute Gasteiger partial charge is 0.339 e. The Bertz CT molecular complexity index is 846. The first-order valence-electron chi connectivity index (χ1n) is 9.76. The quantitative estimate of drug-likeness (QED) is 0.704. The molecule has 1 heterocycles. The van der Waals surface area contributed by atoms with E-state index in [0.717, 1.165) is 11.1 Å². The number of nitrogens with zero attached hydrogens (tertiary/aromatic N) is 2. The molecular weight excluding hydrogens is 374 g/mol. The molecule has 1 aromatic rings. The molecule has 6 nitrogen and oxygen atoms in total. The zero-order valence-corrected chi connectivity index (χ0v) is 18.1. The second kappa shape index (κ2) is 9.08. The predicted octanol–water partition coefficient (Wildman–Crippen LogP) is 1.92. The topological polar surface area (TPSA) is 69.7 Å². The van der Waals surface area contributed by atoms with Crippen LogP contribution in [-0.2, 0) is 14.8 Å². The summed E-state index contributed by atoms with van der Waals surface area (Å²) in [7, 11) is -3.51. The molecule has 0 unspecified atom stereocenters. The Morgan fingerprint density at radius 1 is 1.14 bits per heavy atom. The van der Waals surface area contributed by atoms with Crippen molar-refractivity contribution in [1.82, 2.24) is 14.5 Å². The highest BCUT2D eigenvalue weighted by molar-refractivity contribution is 7.89. The van der Waals surface area contributed by atoms with Crippen molar-refractivity contribution in [2.45, 2.75) is 51.0 Å². The van der Waals surface area contributed by atoms with Crippen LogP contribution in [0.1, 0.15) is 37.8 Å². The summed E-state index contributed by atoms with van der Waals surface area (Å²) in [6, 6.07) is 5.22. The number of aryl methyl sites for hydroxylation is 2. The van der Waals surface area contributed by atoms with Gasteiger partial charge in [-0.05, 0) is 49.9 Å². The lowest BCUT2D eigenvalue weighted by molar-refractivity contribution is -0.123. The number of terminal acetylenes is 1. The maximum absolute atomic E-state index is 12.9. The molecule has 1 aliphatic rings. The fourth-order valence-corrected chi connectivity index (χ4v) is 4.84. The monoisotopic (exact) mass is 405 g/mol. The molecule has 1 aromatic carbocycles. The van der Waals surface area contributed by atoms with Crippen molar-refractivity contribution in [3.05, 3.63) is 29.3 Å². The number of hydrogen-bond acceptors (Lipinski definition) is 4. The van der Waals surface area contributed by atoms with Crippen LogP contribution < -0.4 is 5.32 Å². The lowest BCUT2D eigenvalue weighted by Crippen LogP contribution is -2.54. The minimum Gasteiger partial charge on any atom is -0.339 e. The van der Waals surface area contributed by atoms with Crippen LogP contribution in [0.4, 0.5) is 0 Å². The van der Waals surface area contributed by atoms with Crippen LogP contribution >= 0.6 is 0 Å². The van der Waals surface area contributed by atoms with E-state index in [2.05, 4.69) is 11.2 Å². The van der Waals surface area contributed by atoms with Gasteiger partial charge in [0.15, 0.2) is 0 Å². The van der Waals surface area contributed by atoms with Crippen LogP contribution in [0.2, 0.25) is 0 Å². The van der Waals surface area contributed by atoms with Gasteiger partial charge in [0.05, 0.1) is 11.4 Å². The van der Waals surface area contributed by atoms with Gasteiger partial charge in [-0.3, -0.25) is 9.69 Å². The Morgan fingerprint density at radius 3 is 2.25 bits per heavy atom. The molecule has 0 radical (unpaired) electrons. The molecule has 1 amide bonds. The van der Waals surface area contributed by atoms with E-state index in [1.54, 1.807) is 12.1 Å². The molecule has 0 aliphatic carbocycles. The van der Waals surface area contributed by atoms with Gasteiger partial charge in [-0.1, -0.05) is 25.8 Å². The number of rotatable bonds is 7. The van der Waals surface area contributed by atoms with Gasteiger partial charge in [-0.2, -0.15) is 4.31 Å². The lowest BCUT2D eigenvalue weighted by atomic mass is 9.94. The van der Waals surface area contributed by atoms with Crippen molar-refractivity contribution in [1.29, 1.82) is 0 Å². The minimum absolute atomic E-state index is 0.118. The maximum Gasteiger partial charge on any atom is 0.243 e. The zero-order valence-electron chi connectivity index (χ0n) is 17.3. The third kappa shape index (κ3) is 4.93. The molecule has 2 rings (SSSR count). The minimum atomic E-state index is -3.51. The summed E-state index contributed by atoms with van der Waals surface area (Å²) < 4.78 is 27.3. The third-order valence-electron chi connectivity index (χ3n) is 5.68. The van der Waals surface area contributed by atoms with E-state index in [4.69, 9.17) is 6.42 Å². The van der Waals surface area contributed by atoms with Crippen LogP contribution in [0.5, 0.6) is 0 Å². The third-order valence-corrected chi connectivity index (χ3v) is 7.57. The number of carbonyl (C=O) groups is 1. The highest BCUT2D eigenvalue weighted by Crippen LogP contribution is 2.20. The number of sulfonamides is 1. The first kappa shape index (κ1) is 22.4. The summed E-state index contributed by atoms with van der Waals surface area (Å²) in [6.45, 7) is 9.77. The van der Waals surface area contributed by atoms with Crippen LogP contribution in [0.3, 0.4) is 0 Å². The molecule has 0 bridgehead atoms. The van der Waals surface area contributed by atoms with Crippen LogP contribution in [0, 0.1) is 26.2 Å². The number of carbonyl (C=O) groups excluding carboxylic acids is 1. The van der Waals surface area contributed by atoms with Crippen molar-refractivity contribution in [2.75, 3.05) is 32.7 Å².